The average Bonchev–Trinajstić information content (AvgIpc) is 3.12. The molecule has 0 fully saturated rings. The minimum Gasteiger partial charge on any atom is -0.497 e. The van der Waals surface area contributed by atoms with Crippen molar-refractivity contribution in [3.8, 4) is 5.75 Å². The molecule has 7 heteroatoms. The molecule has 1 amide bonds. The van der Waals surface area contributed by atoms with Crippen LogP contribution < -0.4 is 10.2 Å². The molecule has 1 aliphatic rings. The van der Waals surface area contributed by atoms with Crippen molar-refractivity contribution in [2.45, 2.75) is 19.4 Å². The molecule has 1 unspecified atom stereocenters. The summed E-state index contributed by atoms with van der Waals surface area (Å²) < 4.78 is 11.2. The lowest BCUT2D eigenvalue weighted by Gasteiger charge is -2.25. The van der Waals surface area contributed by atoms with Crippen molar-refractivity contribution in [2.24, 2.45) is 0 Å². The van der Waals surface area contributed by atoms with Gasteiger partial charge in [0.25, 0.3) is 5.91 Å². The quantitative estimate of drug-likeness (QED) is 0.331. The second-order valence-corrected chi connectivity index (χ2v) is 9.16. The minimum absolute atomic E-state index is 0.0761. The number of benzene rings is 3. The number of ether oxygens (including phenoxy) is 1. The zero-order valence-electron chi connectivity index (χ0n) is 18.6. The number of carbonyl (C=O) groups excluding carboxylic acids is 1. The van der Waals surface area contributed by atoms with E-state index < -0.39 is 6.04 Å². The largest absolute Gasteiger partial charge is 0.497 e. The van der Waals surface area contributed by atoms with Gasteiger partial charge in [0.2, 0.25) is 5.76 Å². The third kappa shape index (κ3) is 3.85. The van der Waals surface area contributed by atoms with E-state index in [9.17, 15) is 9.59 Å². The van der Waals surface area contributed by atoms with Gasteiger partial charge in [0.1, 0.15) is 11.3 Å². The fourth-order valence-corrected chi connectivity index (χ4v) is 4.74. The van der Waals surface area contributed by atoms with Crippen molar-refractivity contribution in [3.05, 3.63) is 109 Å². The molecule has 5 nitrogen and oxygen atoms in total. The highest BCUT2D eigenvalue weighted by atomic mass is 35.5. The van der Waals surface area contributed by atoms with Gasteiger partial charge >= 0.3 is 0 Å². The lowest BCUT2D eigenvalue weighted by molar-refractivity contribution is 0.0730. The Morgan fingerprint density at radius 1 is 0.971 bits per heavy atom. The van der Waals surface area contributed by atoms with Gasteiger partial charge in [-0.3, -0.25) is 9.59 Å². The summed E-state index contributed by atoms with van der Waals surface area (Å²) in [6.45, 7) is 2.30. The molecule has 5 rings (SSSR count). The maximum Gasteiger partial charge on any atom is 0.290 e. The summed E-state index contributed by atoms with van der Waals surface area (Å²) in [6, 6.07) is 17.6. The Balaban J connectivity index is 1.62. The van der Waals surface area contributed by atoms with Crippen LogP contribution in [0.2, 0.25) is 10.0 Å². The summed E-state index contributed by atoms with van der Waals surface area (Å²) in [6.07, 6.45) is 0.592. The van der Waals surface area contributed by atoms with Crippen LogP contribution in [0.25, 0.3) is 11.0 Å². The zero-order chi connectivity index (χ0) is 24.0. The lowest BCUT2D eigenvalue weighted by Crippen LogP contribution is -2.31. The van der Waals surface area contributed by atoms with Gasteiger partial charge in [0.15, 0.2) is 5.43 Å². The van der Waals surface area contributed by atoms with Crippen LogP contribution in [0.1, 0.15) is 38.9 Å². The SMILES string of the molecule is COc1ccc(CCN2C(=O)c3oc4ccc(C)cc4c(=O)c3C2c2ccc(Cl)c(Cl)c2)cc1. The molecule has 0 aliphatic carbocycles. The third-order valence-electron chi connectivity index (χ3n) is 6.18. The predicted molar refractivity (Wildman–Crippen MR) is 133 cm³/mol. The topological polar surface area (TPSA) is 59.8 Å². The minimum atomic E-state index is -0.628. The van der Waals surface area contributed by atoms with Gasteiger partial charge in [0.05, 0.1) is 34.1 Å². The van der Waals surface area contributed by atoms with Crippen molar-refractivity contribution in [1.29, 1.82) is 0 Å². The van der Waals surface area contributed by atoms with Crippen LogP contribution in [-0.2, 0) is 6.42 Å². The number of hydrogen-bond donors (Lipinski definition) is 0. The number of rotatable bonds is 5. The number of nitrogens with zero attached hydrogens (tertiary/aromatic N) is 1. The number of methoxy groups -OCH3 is 1. The van der Waals surface area contributed by atoms with Gasteiger partial charge in [0, 0.05) is 6.54 Å². The van der Waals surface area contributed by atoms with E-state index in [2.05, 4.69) is 0 Å². The van der Waals surface area contributed by atoms with E-state index in [0.29, 0.717) is 45.1 Å². The highest BCUT2D eigenvalue weighted by Crippen LogP contribution is 2.40. The molecule has 3 aromatic carbocycles. The van der Waals surface area contributed by atoms with Gasteiger partial charge in [-0.25, -0.2) is 0 Å². The van der Waals surface area contributed by atoms with E-state index in [0.717, 1.165) is 16.9 Å². The molecule has 0 saturated heterocycles. The molecule has 1 aromatic heterocycles. The number of halogens is 2. The standard InChI is InChI=1S/C27H21Cl2NO4/c1-15-3-10-22-19(13-15)25(31)23-24(17-6-9-20(28)21(29)14-17)30(27(32)26(23)34-22)12-11-16-4-7-18(33-2)8-5-16/h3-10,13-14,24H,11-12H2,1-2H3. The first kappa shape index (κ1) is 22.5. The van der Waals surface area contributed by atoms with Gasteiger partial charge in [-0.1, -0.05) is 53.0 Å². The molecular weight excluding hydrogens is 473 g/mol. The van der Waals surface area contributed by atoms with Gasteiger partial charge in [-0.2, -0.15) is 0 Å². The van der Waals surface area contributed by atoms with Crippen molar-refractivity contribution in [1.82, 2.24) is 4.90 Å². The summed E-state index contributed by atoms with van der Waals surface area (Å²) in [5.41, 5.74) is 3.19. The average molecular weight is 494 g/mol. The predicted octanol–water partition coefficient (Wildman–Crippen LogP) is 6.20. The Bertz CT molecular complexity index is 1480. The molecule has 0 spiro atoms. The Morgan fingerprint density at radius 3 is 2.44 bits per heavy atom. The van der Waals surface area contributed by atoms with Gasteiger partial charge in [-0.05, 0) is 60.9 Å². The summed E-state index contributed by atoms with van der Waals surface area (Å²) in [5, 5.41) is 1.21. The van der Waals surface area contributed by atoms with E-state index in [1.807, 2.05) is 37.3 Å². The smallest absolute Gasteiger partial charge is 0.290 e. The highest BCUT2D eigenvalue weighted by molar-refractivity contribution is 6.42. The van der Waals surface area contributed by atoms with Crippen molar-refractivity contribution >= 4 is 40.1 Å². The number of fused-ring (bicyclic) bond motifs is 2. The Kier molecular flexibility index (Phi) is 5.84. The molecule has 2 heterocycles. The van der Waals surface area contributed by atoms with Crippen molar-refractivity contribution in [3.63, 3.8) is 0 Å². The van der Waals surface area contributed by atoms with Crippen LogP contribution >= 0.6 is 23.2 Å². The normalized spacial score (nSPS) is 15.1. The fourth-order valence-electron chi connectivity index (χ4n) is 4.44. The second kappa shape index (κ2) is 8.82. The third-order valence-corrected chi connectivity index (χ3v) is 6.92. The van der Waals surface area contributed by atoms with E-state index in [-0.39, 0.29) is 17.1 Å². The van der Waals surface area contributed by atoms with Gasteiger partial charge in [-0.15, -0.1) is 0 Å². The summed E-state index contributed by atoms with van der Waals surface area (Å²) >= 11 is 12.5. The molecule has 0 bridgehead atoms. The maximum atomic E-state index is 13.6. The Labute approximate surface area is 206 Å². The molecule has 0 N–H and O–H groups in total. The molecule has 0 radical (unpaired) electrons. The summed E-state index contributed by atoms with van der Waals surface area (Å²) in [5.74, 6) is 0.519. The van der Waals surface area contributed by atoms with Crippen LogP contribution in [-0.4, -0.2) is 24.5 Å². The molecule has 172 valence electrons. The summed E-state index contributed by atoms with van der Waals surface area (Å²) in [4.78, 5) is 28.8. The van der Waals surface area contributed by atoms with Crippen molar-refractivity contribution < 1.29 is 13.9 Å². The van der Waals surface area contributed by atoms with E-state index >= 15 is 0 Å². The zero-order valence-corrected chi connectivity index (χ0v) is 20.1. The van der Waals surface area contributed by atoms with Crippen LogP contribution in [0.3, 0.4) is 0 Å². The van der Waals surface area contributed by atoms with E-state index in [4.69, 9.17) is 32.4 Å². The molecule has 0 saturated carbocycles. The lowest BCUT2D eigenvalue weighted by atomic mass is 9.98. The maximum absolute atomic E-state index is 13.6. The molecule has 4 aromatic rings. The molecule has 34 heavy (non-hydrogen) atoms. The van der Waals surface area contributed by atoms with E-state index in [1.165, 1.54) is 0 Å². The Hall–Kier alpha value is -3.28. The van der Waals surface area contributed by atoms with E-state index in [1.54, 1.807) is 42.3 Å². The number of carbonyl (C=O) groups is 1. The van der Waals surface area contributed by atoms with Crippen LogP contribution in [0.5, 0.6) is 5.75 Å². The number of amides is 1. The van der Waals surface area contributed by atoms with Crippen molar-refractivity contribution in [2.75, 3.05) is 13.7 Å². The first-order chi connectivity index (χ1) is 16.4. The summed E-state index contributed by atoms with van der Waals surface area (Å²) in [7, 11) is 1.62. The molecule has 1 atom stereocenters. The van der Waals surface area contributed by atoms with Crippen LogP contribution in [0, 0.1) is 6.92 Å². The fraction of sp³-hybridized carbons (Fsp3) is 0.185. The highest BCUT2D eigenvalue weighted by Gasteiger charge is 2.42. The number of hydrogen-bond acceptors (Lipinski definition) is 4. The first-order valence-corrected chi connectivity index (χ1v) is 11.6. The molecular formula is C27H21Cl2NO4. The first-order valence-electron chi connectivity index (χ1n) is 10.8. The van der Waals surface area contributed by atoms with Gasteiger partial charge < -0.3 is 14.1 Å². The van der Waals surface area contributed by atoms with Crippen LogP contribution in [0.15, 0.2) is 69.9 Å². The molecule has 1 aliphatic heterocycles. The van der Waals surface area contributed by atoms with Crippen LogP contribution in [0.4, 0.5) is 0 Å². The number of aryl methyl sites for hydroxylation is 1. The second-order valence-electron chi connectivity index (χ2n) is 8.35. The Morgan fingerprint density at radius 2 is 1.74 bits per heavy atom. The monoisotopic (exact) mass is 493 g/mol.